The molecule has 10 heteroatoms. The van der Waals surface area contributed by atoms with Crippen LogP contribution in [-0.2, 0) is 28.5 Å². The van der Waals surface area contributed by atoms with E-state index in [2.05, 4.69) is 50.3 Å². The molecule has 0 aromatic heterocycles. The van der Waals surface area contributed by atoms with Crippen molar-refractivity contribution in [3.8, 4) is 0 Å². The third-order valence-corrected chi connectivity index (χ3v) is 12.0. The third-order valence-electron chi connectivity index (χ3n) is 12.0. The largest absolute Gasteiger partial charge is 0.462 e. The van der Waals surface area contributed by atoms with Gasteiger partial charge in [-0.1, -0.05) is 185 Å². The third kappa shape index (κ3) is 34.9. The fraction of sp³-hybridized carbons (Fsp3) is 0.849. The molecule has 0 bridgehead atoms. The number of hydrogen-bond acceptors (Lipinski definition) is 10. The van der Waals surface area contributed by atoms with Gasteiger partial charge in [-0.05, 0) is 70.6 Å². The van der Waals surface area contributed by atoms with Crippen LogP contribution >= 0.6 is 0 Å². The van der Waals surface area contributed by atoms with Gasteiger partial charge in [0.05, 0.1) is 13.2 Å². The Bertz CT molecular complexity index is 1120. The predicted molar refractivity (Wildman–Crippen MR) is 256 cm³/mol. The van der Waals surface area contributed by atoms with Crippen LogP contribution in [0, 0.1) is 0 Å². The van der Waals surface area contributed by atoms with Crippen LogP contribution < -0.4 is 0 Å². The molecule has 6 atom stereocenters. The van der Waals surface area contributed by atoms with Gasteiger partial charge in [-0.25, -0.2) is 0 Å². The van der Waals surface area contributed by atoms with Crippen molar-refractivity contribution in [1.82, 2.24) is 0 Å². The van der Waals surface area contributed by atoms with Crippen LogP contribution in [-0.4, -0.2) is 89.0 Å². The summed E-state index contributed by atoms with van der Waals surface area (Å²) >= 11 is 0. The summed E-state index contributed by atoms with van der Waals surface area (Å²) in [4.78, 5) is 25.4. The van der Waals surface area contributed by atoms with Crippen molar-refractivity contribution in [2.75, 3.05) is 19.8 Å². The van der Waals surface area contributed by atoms with Crippen molar-refractivity contribution in [3.63, 3.8) is 0 Å². The van der Waals surface area contributed by atoms with E-state index in [0.717, 1.165) is 64.2 Å². The fourth-order valence-corrected chi connectivity index (χ4v) is 7.86. The van der Waals surface area contributed by atoms with E-state index in [0.29, 0.717) is 6.42 Å². The minimum absolute atomic E-state index is 0.215. The molecule has 1 rings (SSSR count). The highest BCUT2D eigenvalue weighted by Crippen LogP contribution is 2.23. The average Bonchev–Trinajstić information content (AvgIpc) is 3.28. The molecular weight excluding hydrogens is 797 g/mol. The summed E-state index contributed by atoms with van der Waals surface area (Å²) in [6.07, 6.45) is 44.4. The second-order valence-corrected chi connectivity index (χ2v) is 18.0. The van der Waals surface area contributed by atoms with Crippen molar-refractivity contribution < 1.29 is 49.0 Å². The van der Waals surface area contributed by atoms with E-state index in [9.17, 15) is 30.0 Å². The summed E-state index contributed by atoms with van der Waals surface area (Å²) in [6.45, 7) is 3.41. The van der Waals surface area contributed by atoms with Gasteiger partial charge >= 0.3 is 11.9 Å². The molecule has 0 aromatic carbocycles. The molecule has 4 N–H and O–H groups in total. The van der Waals surface area contributed by atoms with Gasteiger partial charge in [0.15, 0.2) is 12.4 Å². The van der Waals surface area contributed by atoms with Gasteiger partial charge in [0.25, 0.3) is 0 Å². The number of allylic oxidation sites excluding steroid dienone is 6. The van der Waals surface area contributed by atoms with Gasteiger partial charge in [-0.2, -0.15) is 0 Å². The molecule has 0 aromatic rings. The highest BCUT2D eigenvalue weighted by Gasteiger charge is 2.44. The van der Waals surface area contributed by atoms with Crippen molar-refractivity contribution in [2.24, 2.45) is 0 Å². The first kappa shape index (κ1) is 58.9. The van der Waals surface area contributed by atoms with Crippen molar-refractivity contribution in [2.45, 2.75) is 269 Å². The van der Waals surface area contributed by atoms with Crippen molar-refractivity contribution in [1.29, 1.82) is 0 Å². The van der Waals surface area contributed by atoms with E-state index in [4.69, 9.17) is 18.9 Å². The topological polar surface area (TPSA) is 152 Å². The first-order valence-corrected chi connectivity index (χ1v) is 26.1. The average molecular weight is 893 g/mol. The molecule has 0 amide bonds. The zero-order valence-electron chi connectivity index (χ0n) is 40.3. The van der Waals surface area contributed by atoms with Crippen LogP contribution in [0.15, 0.2) is 36.5 Å². The molecule has 6 unspecified atom stereocenters. The minimum Gasteiger partial charge on any atom is -0.462 e. The summed E-state index contributed by atoms with van der Waals surface area (Å²) in [5, 5.41) is 40.2. The maximum atomic E-state index is 12.8. The maximum absolute atomic E-state index is 12.8. The van der Waals surface area contributed by atoms with Crippen LogP contribution in [0.1, 0.15) is 232 Å². The second-order valence-electron chi connectivity index (χ2n) is 18.0. The SMILES string of the molecule is CCCCC/C=C\C/C=C\CCCCCCCC(=O)OC(COC(=O)CCCCCCCCCCCCC/C=C\CCCCCCCCCC)COC1OC(CO)C(O)C(O)C1O. The zero-order chi connectivity index (χ0) is 45.9. The summed E-state index contributed by atoms with van der Waals surface area (Å²) < 4.78 is 22.2. The molecule has 1 aliphatic heterocycles. The number of carbonyl (C=O) groups excluding carboxylic acids is 2. The molecule has 10 nitrogen and oxygen atoms in total. The molecule has 1 heterocycles. The highest BCUT2D eigenvalue weighted by atomic mass is 16.7. The number of aliphatic hydroxyl groups excluding tert-OH is 4. The van der Waals surface area contributed by atoms with Gasteiger partial charge in [-0.15, -0.1) is 0 Å². The molecular formula is C53H96O10. The first-order chi connectivity index (χ1) is 30.8. The van der Waals surface area contributed by atoms with E-state index in [-0.39, 0.29) is 32.0 Å². The standard InChI is InChI=1S/C53H96O10/c1-3-5-7-9-11-13-15-17-19-20-21-22-23-24-25-26-28-29-31-33-35-37-39-41-48(55)60-44-46(45-61-53-52(59)51(58)50(57)47(43-54)63-53)62-49(56)42-40-38-36-34-32-30-27-18-16-14-12-10-8-6-4-2/h12,14,18,20-21,27,46-47,50-54,57-59H,3-11,13,15-17,19,22-26,28-45H2,1-2H3/b14-12-,21-20-,27-18-. The lowest BCUT2D eigenvalue weighted by molar-refractivity contribution is -0.305. The number of rotatable bonds is 44. The lowest BCUT2D eigenvalue weighted by Crippen LogP contribution is -2.59. The van der Waals surface area contributed by atoms with Crippen molar-refractivity contribution >= 4 is 11.9 Å². The lowest BCUT2D eigenvalue weighted by Gasteiger charge is -2.39. The summed E-state index contributed by atoms with van der Waals surface area (Å²) in [5.74, 6) is -0.817. The number of esters is 2. The molecule has 1 saturated heterocycles. The Hall–Kier alpha value is -2.08. The van der Waals surface area contributed by atoms with E-state index in [1.807, 2.05) is 0 Å². The Morgan fingerprint density at radius 3 is 1.37 bits per heavy atom. The predicted octanol–water partition coefficient (Wildman–Crippen LogP) is 12.2. The molecule has 1 fully saturated rings. The summed E-state index contributed by atoms with van der Waals surface area (Å²) in [5.41, 5.74) is 0. The quantitative estimate of drug-likeness (QED) is 0.0264. The minimum atomic E-state index is -1.60. The van der Waals surface area contributed by atoms with Gasteiger partial charge in [-0.3, -0.25) is 9.59 Å². The van der Waals surface area contributed by atoms with E-state index in [1.165, 1.54) is 135 Å². The van der Waals surface area contributed by atoms with Crippen LogP contribution in [0.3, 0.4) is 0 Å². The Balaban J connectivity index is 2.23. The molecule has 0 spiro atoms. The van der Waals surface area contributed by atoms with E-state index >= 15 is 0 Å². The number of ether oxygens (including phenoxy) is 4. The first-order valence-electron chi connectivity index (χ1n) is 26.1. The monoisotopic (exact) mass is 893 g/mol. The van der Waals surface area contributed by atoms with Crippen molar-refractivity contribution in [3.05, 3.63) is 36.5 Å². The Labute approximate surface area is 385 Å². The number of carbonyl (C=O) groups is 2. The Morgan fingerprint density at radius 2 is 0.889 bits per heavy atom. The molecule has 0 saturated carbocycles. The summed E-state index contributed by atoms with van der Waals surface area (Å²) in [6, 6.07) is 0. The second kappa shape index (κ2) is 43.8. The molecule has 368 valence electrons. The van der Waals surface area contributed by atoms with Crippen LogP contribution in [0.4, 0.5) is 0 Å². The molecule has 63 heavy (non-hydrogen) atoms. The molecule has 0 aliphatic carbocycles. The Kier molecular flexibility index (Phi) is 41.0. The van der Waals surface area contributed by atoms with Gasteiger partial charge in [0.2, 0.25) is 0 Å². The number of hydrogen-bond donors (Lipinski definition) is 4. The number of unbranched alkanes of at least 4 members (excludes halogenated alkanes) is 27. The smallest absolute Gasteiger partial charge is 0.306 e. The lowest BCUT2D eigenvalue weighted by atomic mass is 9.99. The van der Waals surface area contributed by atoms with Crippen LogP contribution in [0.2, 0.25) is 0 Å². The maximum Gasteiger partial charge on any atom is 0.306 e. The van der Waals surface area contributed by atoms with Gasteiger partial charge in [0.1, 0.15) is 31.0 Å². The normalized spacial score (nSPS) is 19.7. The van der Waals surface area contributed by atoms with E-state index < -0.39 is 49.4 Å². The van der Waals surface area contributed by atoms with Gasteiger partial charge < -0.3 is 39.4 Å². The highest BCUT2D eigenvalue weighted by molar-refractivity contribution is 5.70. The summed E-state index contributed by atoms with van der Waals surface area (Å²) in [7, 11) is 0. The van der Waals surface area contributed by atoms with Gasteiger partial charge in [0, 0.05) is 12.8 Å². The number of aliphatic hydroxyl groups is 4. The molecule has 0 radical (unpaired) electrons. The van der Waals surface area contributed by atoms with Crippen LogP contribution in [0.25, 0.3) is 0 Å². The zero-order valence-corrected chi connectivity index (χ0v) is 40.3. The fourth-order valence-electron chi connectivity index (χ4n) is 7.86. The Morgan fingerprint density at radius 1 is 0.492 bits per heavy atom. The van der Waals surface area contributed by atoms with Crippen LogP contribution in [0.5, 0.6) is 0 Å². The van der Waals surface area contributed by atoms with E-state index in [1.54, 1.807) is 0 Å². The molecule has 1 aliphatic rings.